The van der Waals surface area contributed by atoms with Crippen LogP contribution in [0.25, 0.3) is 0 Å². The highest BCUT2D eigenvalue weighted by Crippen LogP contribution is 2.51. The lowest BCUT2D eigenvalue weighted by atomic mass is 9.60. The summed E-state index contributed by atoms with van der Waals surface area (Å²) >= 11 is 0. The smallest absolute Gasteiger partial charge is 0.185 e. The minimum Gasteiger partial charge on any atom is -0.295 e. The summed E-state index contributed by atoms with van der Waals surface area (Å²) in [5.41, 5.74) is 4.29. The van der Waals surface area contributed by atoms with E-state index >= 15 is 0 Å². The molecular formula is C26H34O3S. The van der Waals surface area contributed by atoms with E-state index in [-0.39, 0.29) is 17.1 Å². The molecule has 2 aliphatic carbocycles. The van der Waals surface area contributed by atoms with Crippen molar-refractivity contribution in [3.05, 3.63) is 65.3 Å². The molecule has 4 heteroatoms. The van der Waals surface area contributed by atoms with E-state index in [4.69, 9.17) is 0 Å². The first-order chi connectivity index (χ1) is 14.0. The molecular weight excluding hydrogens is 392 g/mol. The molecule has 1 fully saturated rings. The Kier molecular flexibility index (Phi) is 6.57. The Hall–Kier alpha value is -1.94. The predicted molar refractivity (Wildman–Crippen MR) is 123 cm³/mol. The van der Waals surface area contributed by atoms with Crippen LogP contribution in [0.5, 0.6) is 0 Å². The van der Waals surface area contributed by atoms with Crippen LogP contribution < -0.4 is 0 Å². The Bertz CT molecular complexity index is 994. The van der Waals surface area contributed by atoms with Gasteiger partial charge in [0.25, 0.3) is 0 Å². The van der Waals surface area contributed by atoms with E-state index < -0.39 is 15.1 Å². The molecule has 162 valence electrons. The molecule has 1 unspecified atom stereocenters. The molecule has 0 heterocycles. The van der Waals surface area contributed by atoms with E-state index in [1.165, 1.54) is 5.57 Å². The lowest BCUT2D eigenvalue weighted by Gasteiger charge is -2.44. The Morgan fingerprint density at radius 2 is 1.90 bits per heavy atom. The summed E-state index contributed by atoms with van der Waals surface area (Å²) in [6.07, 6.45) is 6.73. The van der Waals surface area contributed by atoms with Crippen molar-refractivity contribution in [2.24, 2.45) is 11.3 Å². The summed E-state index contributed by atoms with van der Waals surface area (Å²) in [5, 5.41) is -0.617. The zero-order valence-electron chi connectivity index (χ0n) is 18.7. The van der Waals surface area contributed by atoms with Crippen LogP contribution in [0.15, 0.2) is 70.2 Å². The number of Topliss-reactive ketones (excluding diaryl/α,β-unsaturated/α-hetero) is 1. The lowest BCUT2D eigenvalue weighted by molar-refractivity contribution is -0.117. The third-order valence-corrected chi connectivity index (χ3v) is 9.06. The van der Waals surface area contributed by atoms with Crippen LogP contribution in [-0.2, 0) is 14.6 Å². The summed E-state index contributed by atoms with van der Waals surface area (Å²) in [4.78, 5) is 12.6. The standard InChI is InChI=1S/C26H34O3S/c1-18(2)15-23(30(28,29)22-9-7-6-8-10-22)16-19(3)21-11-13-26(5)14-12-25(27)20(4)24(26)17-21/h6-10,15,21,23H,3,11-14,16-17H2,1-2,4-5H3/t21-,23?,26+/m1/s1. The second kappa shape index (κ2) is 8.66. The molecule has 0 aliphatic heterocycles. The maximum absolute atomic E-state index is 13.3. The maximum Gasteiger partial charge on any atom is 0.185 e. The molecule has 0 bridgehead atoms. The van der Waals surface area contributed by atoms with E-state index in [0.717, 1.165) is 42.4 Å². The van der Waals surface area contributed by atoms with Crippen molar-refractivity contribution in [3.8, 4) is 0 Å². The molecule has 0 aromatic heterocycles. The highest BCUT2D eigenvalue weighted by Gasteiger charge is 2.41. The summed E-state index contributed by atoms with van der Waals surface area (Å²) < 4.78 is 26.6. The van der Waals surface area contributed by atoms with Crippen molar-refractivity contribution in [2.45, 2.75) is 76.4 Å². The predicted octanol–water partition coefficient (Wildman–Crippen LogP) is 6.23. The van der Waals surface area contributed by atoms with Crippen LogP contribution in [0, 0.1) is 11.3 Å². The molecule has 0 saturated heterocycles. The minimum absolute atomic E-state index is 0.115. The van der Waals surface area contributed by atoms with Crippen LogP contribution in [0.4, 0.5) is 0 Å². The van der Waals surface area contributed by atoms with Gasteiger partial charge in [0.2, 0.25) is 0 Å². The summed E-state index contributed by atoms with van der Waals surface area (Å²) in [7, 11) is -3.49. The van der Waals surface area contributed by atoms with Crippen LogP contribution in [0.3, 0.4) is 0 Å². The first-order valence-corrected chi connectivity index (χ1v) is 12.4. The number of benzene rings is 1. The first kappa shape index (κ1) is 22.7. The summed E-state index contributed by atoms with van der Waals surface area (Å²) in [6, 6.07) is 8.68. The van der Waals surface area contributed by atoms with Gasteiger partial charge < -0.3 is 0 Å². The topological polar surface area (TPSA) is 51.2 Å². The molecule has 1 aromatic carbocycles. The number of hydrogen-bond donors (Lipinski definition) is 0. The second-order valence-corrected chi connectivity index (χ2v) is 11.7. The number of carbonyl (C=O) groups is 1. The van der Waals surface area contributed by atoms with Crippen LogP contribution >= 0.6 is 0 Å². The zero-order chi connectivity index (χ0) is 22.1. The average molecular weight is 427 g/mol. The highest BCUT2D eigenvalue weighted by molar-refractivity contribution is 7.92. The Morgan fingerprint density at radius 1 is 1.23 bits per heavy atom. The fraction of sp³-hybridized carbons (Fsp3) is 0.500. The van der Waals surface area contributed by atoms with Crippen LogP contribution in [0.2, 0.25) is 0 Å². The van der Waals surface area contributed by atoms with Gasteiger partial charge in [-0.2, -0.15) is 0 Å². The van der Waals surface area contributed by atoms with Crippen molar-refractivity contribution in [3.63, 3.8) is 0 Å². The van der Waals surface area contributed by atoms with Crippen molar-refractivity contribution >= 4 is 15.6 Å². The number of rotatable bonds is 6. The number of hydrogen-bond acceptors (Lipinski definition) is 3. The average Bonchev–Trinajstić information content (AvgIpc) is 2.71. The molecule has 3 atom stereocenters. The monoisotopic (exact) mass is 426 g/mol. The SMILES string of the molecule is C=C(CC(C=C(C)C)S(=O)(=O)c1ccccc1)[C@@H]1CC[C@@]2(C)CCC(=O)C(C)=C2C1. The maximum atomic E-state index is 13.3. The lowest BCUT2D eigenvalue weighted by Crippen LogP contribution is -2.34. The number of ketones is 1. The molecule has 0 N–H and O–H groups in total. The van der Waals surface area contributed by atoms with Crippen molar-refractivity contribution in [2.75, 3.05) is 0 Å². The Balaban J connectivity index is 1.85. The minimum atomic E-state index is -3.49. The number of carbonyl (C=O) groups excluding carboxylic acids is 1. The van der Waals surface area contributed by atoms with Crippen LogP contribution in [-0.4, -0.2) is 19.5 Å². The normalized spacial score (nSPS) is 25.5. The van der Waals surface area contributed by atoms with Gasteiger partial charge in [-0.05, 0) is 81.9 Å². The molecule has 0 radical (unpaired) electrons. The molecule has 3 rings (SSSR count). The van der Waals surface area contributed by atoms with Gasteiger partial charge in [-0.1, -0.05) is 54.5 Å². The molecule has 30 heavy (non-hydrogen) atoms. The van der Waals surface area contributed by atoms with Gasteiger partial charge in [0.1, 0.15) is 0 Å². The van der Waals surface area contributed by atoms with Crippen LogP contribution in [0.1, 0.15) is 66.2 Å². The van der Waals surface area contributed by atoms with Gasteiger partial charge in [0.05, 0.1) is 10.1 Å². The number of allylic oxidation sites excluding steroid dienone is 4. The first-order valence-electron chi connectivity index (χ1n) is 10.9. The molecule has 0 spiro atoms. The third kappa shape index (κ3) is 4.54. The zero-order valence-corrected chi connectivity index (χ0v) is 19.5. The quantitative estimate of drug-likeness (QED) is 0.507. The largest absolute Gasteiger partial charge is 0.295 e. The van der Waals surface area contributed by atoms with Gasteiger partial charge >= 0.3 is 0 Å². The molecule has 2 aliphatic rings. The Morgan fingerprint density at radius 3 is 2.53 bits per heavy atom. The van der Waals surface area contributed by atoms with Gasteiger partial charge in [0, 0.05) is 6.42 Å². The highest BCUT2D eigenvalue weighted by atomic mass is 32.2. The number of fused-ring (bicyclic) bond motifs is 1. The van der Waals surface area contributed by atoms with Gasteiger partial charge in [-0.25, -0.2) is 8.42 Å². The van der Waals surface area contributed by atoms with E-state index in [1.807, 2.05) is 32.9 Å². The molecule has 1 aromatic rings. The van der Waals surface area contributed by atoms with E-state index in [2.05, 4.69) is 13.5 Å². The molecule has 1 saturated carbocycles. The fourth-order valence-electron chi connectivity index (χ4n) is 5.05. The third-order valence-electron chi connectivity index (χ3n) is 7.03. The summed E-state index contributed by atoms with van der Waals surface area (Å²) in [6.45, 7) is 12.5. The fourth-order valence-corrected chi connectivity index (χ4v) is 6.82. The van der Waals surface area contributed by atoms with E-state index in [1.54, 1.807) is 24.3 Å². The van der Waals surface area contributed by atoms with Gasteiger partial charge in [-0.15, -0.1) is 0 Å². The van der Waals surface area contributed by atoms with Gasteiger partial charge in [-0.3, -0.25) is 4.79 Å². The number of sulfone groups is 1. The van der Waals surface area contributed by atoms with E-state index in [0.29, 0.717) is 17.7 Å². The van der Waals surface area contributed by atoms with Crippen molar-refractivity contribution in [1.82, 2.24) is 0 Å². The Labute approximate surface area is 181 Å². The molecule has 3 nitrogen and oxygen atoms in total. The molecule has 0 amide bonds. The summed E-state index contributed by atoms with van der Waals surface area (Å²) in [5.74, 6) is 0.496. The second-order valence-electron chi connectivity index (χ2n) is 9.53. The van der Waals surface area contributed by atoms with Crippen molar-refractivity contribution in [1.29, 1.82) is 0 Å². The van der Waals surface area contributed by atoms with Crippen molar-refractivity contribution < 1.29 is 13.2 Å². The van der Waals surface area contributed by atoms with E-state index in [9.17, 15) is 13.2 Å². The van der Waals surface area contributed by atoms with Gasteiger partial charge in [0.15, 0.2) is 15.6 Å².